The molecule has 2 rings (SSSR count). The molecule has 0 unspecified atom stereocenters. The van der Waals surface area contributed by atoms with Gasteiger partial charge in [0.25, 0.3) is 0 Å². The number of nitrogens with zero attached hydrogens (tertiary/aromatic N) is 1. The first-order valence-corrected chi connectivity index (χ1v) is 11.3. The van der Waals surface area contributed by atoms with Gasteiger partial charge in [-0.25, -0.2) is 8.42 Å². The van der Waals surface area contributed by atoms with E-state index < -0.39 is 9.84 Å². The molecule has 9 heteroatoms. The molecule has 30 heavy (non-hydrogen) atoms. The highest BCUT2D eigenvalue weighted by Gasteiger charge is 2.13. The second-order valence-electron chi connectivity index (χ2n) is 6.24. The van der Waals surface area contributed by atoms with Gasteiger partial charge in [-0.05, 0) is 31.2 Å². The van der Waals surface area contributed by atoms with Crippen LogP contribution in [-0.4, -0.2) is 53.5 Å². The van der Waals surface area contributed by atoms with Crippen LogP contribution >= 0.6 is 24.0 Å². The maximum atomic E-state index is 12.4. The molecule has 0 aliphatic rings. The summed E-state index contributed by atoms with van der Waals surface area (Å²) in [7, 11) is -1.69. The Bertz CT molecular complexity index is 877. The van der Waals surface area contributed by atoms with Crippen LogP contribution in [0.25, 0.3) is 0 Å². The van der Waals surface area contributed by atoms with E-state index in [1.54, 1.807) is 37.4 Å². The molecular weight excluding hydrogens is 517 g/mol. The summed E-state index contributed by atoms with van der Waals surface area (Å²) in [6, 6.07) is 16.0. The van der Waals surface area contributed by atoms with Gasteiger partial charge in [-0.1, -0.05) is 24.3 Å². The summed E-state index contributed by atoms with van der Waals surface area (Å²) in [5.74, 6) is 1.21. The minimum atomic E-state index is -3.36. The van der Waals surface area contributed by atoms with Crippen LogP contribution in [-0.2, 0) is 14.6 Å². The lowest BCUT2D eigenvalue weighted by molar-refractivity contribution is 0.172. The number of nitrogens with one attached hydrogen (secondary N) is 2. The Morgan fingerprint density at radius 1 is 1.07 bits per heavy atom. The van der Waals surface area contributed by atoms with Crippen molar-refractivity contribution in [2.24, 2.45) is 4.99 Å². The quantitative estimate of drug-likeness (QED) is 0.194. The fraction of sp³-hybridized carbons (Fsp3) is 0.381. The third kappa shape index (κ3) is 9.31. The number of methoxy groups -OCH3 is 1. The molecule has 0 fully saturated rings. The first-order chi connectivity index (χ1) is 14.0. The summed E-state index contributed by atoms with van der Waals surface area (Å²) in [5, 5.41) is 6.31. The van der Waals surface area contributed by atoms with Crippen LogP contribution < -0.4 is 15.4 Å². The zero-order valence-electron chi connectivity index (χ0n) is 17.3. The van der Waals surface area contributed by atoms with Crippen molar-refractivity contribution >= 4 is 45.5 Å². The number of aliphatic imine (C=N–C) groups is 1. The van der Waals surface area contributed by atoms with Crippen molar-refractivity contribution in [2.75, 3.05) is 44.5 Å². The van der Waals surface area contributed by atoms with E-state index >= 15 is 0 Å². The second kappa shape index (κ2) is 14.2. The van der Waals surface area contributed by atoms with E-state index in [4.69, 9.17) is 9.47 Å². The third-order valence-electron chi connectivity index (χ3n) is 3.93. The van der Waals surface area contributed by atoms with Crippen molar-refractivity contribution in [3.63, 3.8) is 0 Å². The van der Waals surface area contributed by atoms with Crippen molar-refractivity contribution in [1.29, 1.82) is 0 Å². The van der Waals surface area contributed by atoms with E-state index in [0.29, 0.717) is 30.6 Å². The fourth-order valence-corrected chi connectivity index (χ4v) is 3.66. The Hall–Kier alpha value is -1.85. The van der Waals surface area contributed by atoms with Gasteiger partial charge in [0.1, 0.15) is 5.75 Å². The van der Waals surface area contributed by atoms with Gasteiger partial charge < -0.3 is 20.1 Å². The number of guanidine groups is 1. The first-order valence-electron chi connectivity index (χ1n) is 9.60. The fourth-order valence-electron chi connectivity index (χ4n) is 2.52. The Kier molecular flexibility index (Phi) is 12.4. The molecule has 0 aliphatic heterocycles. The van der Waals surface area contributed by atoms with Gasteiger partial charge in [-0.15, -0.1) is 24.0 Å². The number of rotatable bonds is 11. The standard InChI is InChI=1S/C21H29N3O4S.HI/c1-3-22-21(23-13-16-29(25,26)20-11-5-4-6-12-20)24-18-9-7-10-19(17-18)28-15-8-14-27-2;/h4-7,9-12,17H,3,8,13-16H2,1-2H3,(H2,22,23,24);1H. The summed E-state index contributed by atoms with van der Waals surface area (Å²) < 4.78 is 35.5. The van der Waals surface area contributed by atoms with E-state index in [-0.39, 0.29) is 36.3 Å². The van der Waals surface area contributed by atoms with Crippen LogP contribution in [0.2, 0.25) is 0 Å². The average Bonchev–Trinajstić information content (AvgIpc) is 2.72. The molecular formula is C21H30IN3O4S. The molecule has 2 N–H and O–H groups in total. The highest BCUT2D eigenvalue weighted by atomic mass is 127. The van der Waals surface area contributed by atoms with Gasteiger partial charge in [0.2, 0.25) is 0 Å². The summed E-state index contributed by atoms with van der Waals surface area (Å²) >= 11 is 0. The molecule has 166 valence electrons. The van der Waals surface area contributed by atoms with Crippen LogP contribution in [0.5, 0.6) is 5.75 Å². The lowest BCUT2D eigenvalue weighted by Gasteiger charge is -2.13. The van der Waals surface area contributed by atoms with Crippen LogP contribution in [0.4, 0.5) is 5.69 Å². The molecule has 0 atom stereocenters. The molecule has 0 saturated carbocycles. The number of halogens is 1. The van der Waals surface area contributed by atoms with Crippen LogP contribution in [0, 0.1) is 0 Å². The van der Waals surface area contributed by atoms with Crippen molar-refractivity contribution in [3.8, 4) is 5.75 Å². The minimum Gasteiger partial charge on any atom is -0.493 e. The maximum Gasteiger partial charge on any atom is 0.195 e. The molecule has 7 nitrogen and oxygen atoms in total. The van der Waals surface area contributed by atoms with Crippen molar-refractivity contribution < 1.29 is 17.9 Å². The minimum absolute atomic E-state index is 0. The Morgan fingerprint density at radius 2 is 1.83 bits per heavy atom. The number of sulfone groups is 1. The van der Waals surface area contributed by atoms with Gasteiger partial charge in [0, 0.05) is 38.4 Å². The number of hydrogen-bond acceptors (Lipinski definition) is 5. The maximum absolute atomic E-state index is 12.4. The lowest BCUT2D eigenvalue weighted by Crippen LogP contribution is -2.31. The second-order valence-corrected chi connectivity index (χ2v) is 8.35. The highest BCUT2D eigenvalue weighted by molar-refractivity contribution is 14.0. The molecule has 0 saturated heterocycles. The lowest BCUT2D eigenvalue weighted by atomic mass is 10.3. The Balaban J connectivity index is 0.00000450. The van der Waals surface area contributed by atoms with Gasteiger partial charge in [-0.3, -0.25) is 4.99 Å². The summed E-state index contributed by atoms with van der Waals surface area (Å²) in [6.45, 7) is 3.99. The van der Waals surface area contributed by atoms with Gasteiger partial charge in [0.15, 0.2) is 15.8 Å². The van der Waals surface area contributed by atoms with E-state index in [9.17, 15) is 8.42 Å². The zero-order chi connectivity index (χ0) is 21.0. The van der Waals surface area contributed by atoms with Crippen LogP contribution in [0.3, 0.4) is 0 Å². The van der Waals surface area contributed by atoms with Gasteiger partial charge >= 0.3 is 0 Å². The SMILES string of the molecule is CCNC(=NCCS(=O)(=O)c1ccccc1)Nc1cccc(OCCCOC)c1.I. The molecule has 2 aromatic carbocycles. The molecule has 0 amide bonds. The monoisotopic (exact) mass is 547 g/mol. The molecule has 0 bridgehead atoms. The van der Waals surface area contributed by atoms with Crippen molar-refractivity contribution in [2.45, 2.75) is 18.2 Å². The van der Waals surface area contributed by atoms with E-state index in [1.165, 1.54) is 0 Å². The summed E-state index contributed by atoms with van der Waals surface area (Å²) in [6.07, 6.45) is 0.814. The number of benzene rings is 2. The normalized spacial score (nSPS) is 11.5. The number of ether oxygens (including phenoxy) is 2. The Labute approximate surface area is 196 Å². The van der Waals surface area contributed by atoms with Crippen molar-refractivity contribution in [1.82, 2.24) is 5.32 Å². The molecule has 2 aromatic rings. The van der Waals surface area contributed by atoms with Crippen LogP contribution in [0.1, 0.15) is 13.3 Å². The topological polar surface area (TPSA) is 89.0 Å². The van der Waals surface area contributed by atoms with Crippen molar-refractivity contribution in [3.05, 3.63) is 54.6 Å². The number of hydrogen-bond donors (Lipinski definition) is 2. The number of anilines is 1. The van der Waals surface area contributed by atoms with E-state index in [2.05, 4.69) is 15.6 Å². The largest absolute Gasteiger partial charge is 0.493 e. The Morgan fingerprint density at radius 3 is 2.53 bits per heavy atom. The molecule has 0 radical (unpaired) electrons. The van der Waals surface area contributed by atoms with Gasteiger partial charge in [0.05, 0.1) is 23.8 Å². The molecule has 0 aliphatic carbocycles. The summed E-state index contributed by atoms with van der Waals surface area (Å²) in [5.41, 5.74) is 0.805. The smallest absolute Gasteiger partial charge is 0.195 e. The molecule has 0 spiro atoms. The van der Waals surface area contributed by atoms with Crippen LogP contribution in [0.15, 0.2) is 64.5 Å². The first kappa shape index (κ1) is 26.2. The predicted molar refractivity (Wildman–Crippen MR) is 132 cm³/mol. The summed E-state index contributed by atoms with van der Waals surface area (Å²) in [4.78, 5) is 4.71. The van der Waals surface area contributed by atoms with Gasteiger partial charge in [-0.2, -0.15) is 0 Å². The molecule has 0 aromatic heterocycles. The average molecular weight is 547 g/mol. The van der Waals surface area contributed by atoms with E-state index in [0.717, 1.165) is 17.9 Å². The third-order valence-corrected chi connectivity index (χ3v) is 5.65. The predicted octanol–water partition coefficient (Wildman–Crippen LogP) is 3.57. The van der Waals surface area contributed by atoms with E-state index in [1.807, 2.05) is 31.2 Å². The zero-order valence-corrected chi connectivity index (χ0v) is 20.5. The highest BCUT2D eigenvalue weighted by Crippen LogP contribution is 2.17. The molecule has 0 heterocycles.